The summed E-state index contributed by atoms with van der Waals surface area (Å²) in [6.45, 7) is 7.09. The number of benzene rings is 3. The molecule has 1 aliphatic heterocycles. The van der Waals surface area contributed by atoms with Gasteiger partial charge in [-0.25, -0.2) is 4.98 Å². The Morgan fingerprint density at radius 3 is 2.81 bits per heavy atom. The maximum atomic E-state index is 11.7. The summed E-state index contributed by atoms with van der Waals surface area (Å²) in [5, 5.41) is 3.52. The number of carbonyl (C=O) groups is 1. The summed E-state index contributed by atoms with van der Waals surface area (Å²) >= 11 is 0. The summed E-state index contributed by atoms with van der Waals surface area (Å²) in [6.07, 6.45) is 0.841. The molecule has 0 saturated carbocycles. The van der Waals surface area contributed by atoms with E-state index in [1.807, 2.05) is 30.3 Å². The van der Waals surface area contributed by atoms with E-state index in [4.69, 9.17) is 19.2 Å². The molecule has 0 spiro atoms. The van der Waals surface area contributed by atoms with Crippen LogP contribution in [0.2, 0.25) is 0 Å². The largest absolute Gasteiger partial charge is 0.497 e. The van der Waals surface area contributed by atoms with Gasteiger partial charge in [0.15, 0.2) is 6.10 Å². The van der Waals surface area contributed by atoms with E-state index in [-0.39, 0.29) is 12.1 Å². The van der Waals surface area contributed by atoms with E-state index in [0.717, 1.165) is 51.7 Å². The Hall–Kier alpha value is -4.00. The zero-order valence-electron chi connectivity index (χ0n) is 21.1. The fraction of sp³-hybridized carbons (Fsp3) is 0.310. The fourth-order valence-electron chi connectivity index (χ4n) is 4.67. The first-order chi connectivity index (χ1) is 17.5. The highest BCUT2D eigenvalue weighted by Gasteiger charge is 2.27. The van der Waals surface area contributed by atoms with Gasteiger partial charge in [0.05, 0.1) is 23.8 Å². The van der Waals surface area contributed by atoms with E-state index in [0.29, 0.717) is 19.6 Å². The molecule has 3 aromatic carbocycles. The SMILES string of the molecule is CCC(=O)O[C@@H]1COc2cc(NCc3cccc(-n4c(CC)nc5cc(OC)ccc54)c3C)ccc21. The molecular weight excluding hydrogens is 454 g/mol. The molecule has 0 saturated heterocycles. The third kappa shape index (κ3) is 4.37. The van der Waals surface area contributed by atoms with Gasteiger partial charge in [-0.05, 0) is 48.4 Å². The monoisotopic (exact) mass is 485 g/mol. The highest BCUT2D eigenvalue weighted by Crippen LogP contribution is 2.37. The van der Waals surface area contributed by atoms with Crippen molar-refractivity contribution in [3.63, 3.8) is 0 Å². The summed E-state index contributed by atoms with van der Waals surface area (Å²) in [5.41, 5.74) is 7.37. The Kier molecular flexibility index (Phi) is 6.55. The first-order valence-corrected chi connectivity index (χ1v) is 12.4. The van der Waals surface area contributed by atoms with Crippen molar-refractivity contribution in [1.29, 1.82) is 0 Å². The molecule has 1 aromatic heterocycles. The van der Waals surface area contributed by atoms with Crippen molar-refractivity contribution in [1.82, 2.24) is 9.55 Å². The zero-order chi connectivity index (χ0) is 25.2. The molecule has 0 amide bonds. The predicted octanol–water partition coefficient (Wildman–Crippen LogP) is 5.90. The van der Waals surface area contributed by atoms with Crippen LogP contribution < -0.4 is 14.8 Å². The highest BCUT2D eigenvalue weighted by molar-refractivity contribution is 5.80. The normalized spacial score (nSPS) is 14.4. The minimum atomic E-state index is -0.335. The number of rotatable bonds is 8. The average Bonchev–Trinajstić information content (AvgIpc) is 3.48. The molecule has 1 aliphatic rings. The molecule has 4 aromatic rings. The number of ether oxygens (including phenoxy) is 3. The maximum Gasteiger partial charge on any atom is 0.306 e. The lowest BCUT2D eigenvalue weighted by molar-refractivity contribution is -0.149. The molecule has 0 radical (unpaired) electrons. The number of imidazole rings is 1. The lowest BCUT2D eigenvalue weighted by Gasteiger charge is -2.16. The summed E-state index contributed by atoms with van der Waals surface area (Å²) < 4.78 is 18.9. The lowest BCUT2D eigenvalue weighted by atomic mass is 10.1. The van der Waals surface area contributed by atoms with Crippen molar-refractivity contribution in [3.8, 4) is 17.2 Å². The van der Waals surface area contributed by atoms with Crippen molar-refractivity contribution in [3.05, 3.63) is 77.1 Å². The Morgan fingerprint density at radius 1 is 1.17 bits per heavy atom. The van der Waals surface area contributed by atoms with Gasteiger partial charge >= 0.3 is 5.97 Å². The van der Waals surface area contributed by atoms with Crippen LogP contribution in [0.25, 0.3) is 16.7 Å². The molecule has 0 aliphatic carbocycles. The minimum Gasteiger partial charge on any atom is -0.497 e. The van der Waals surface area contributed by atoms with Gasteiger partial charge in [-0.1, -0.05) is 26.0 Å². The summed E-state index contributed by atoms with van der Waals surface area (Å²) in [6, 6.07) is 18.4. The van der Waals surface area contributed by atoms with E-state index >= 15 is 0 Å². The Balaban J connectivity index is 1.39. The molecule has 5 rings (SSSR count). The molecule has 1 atom stereocenters. The molecule has 7 heteroatoms. The number of carbonyl (C=O) groups excluding carboxylic acids is 1. The number of methoxy groups -OCH3 is 1. The smallest absolute Gasteiger partial charge is 0.306 e. The Labute approximate surface area is 211 Å². The number of nitrogens with one attached hydrogen (secondary N) is 1. The van der Waals surface area contributed by atoms with Crippen LogP contribution in [0.4, 0.5) is 5.69 Å². The molecule has 7 nitrogen and oxygen atoms in total. The predicted molar refractivity (Wildman–Crippen MR) is 140 cm³/mol. The summed E-state index contributed by atoms with van der Waals surface area (Å²) in [7, 11) is 1.67. The lowest BCUT2D eigenvalue weighted by Crippen LogP contribution is -2.11. The molecule has 0 bridgehead atoms. The van der Waals surface area contributed by atoms with Crippen molar-refractivity contribution in [2.24, 2.45) is 0 Å². The van der Waals surface area contributed by atoms with E-state index in [9.17, 15) is 4.79 Å². The van der Waals surface area contributed by atoms with Gasteiger partial charge in [-0.15, -0.1) is 0 Å². The third-order valence-corrected chi connectivity index (χ3v) is 6.70. The summed E-state index contributed by atoms with van der Waals surface area (Å²) in [5.74, 6) is 2.36. The number of aromatic nitrogens is 2. The highest BCUT2D eigenvalue weighted by atomic mass is 16.6. The quantitative estimate of drug-likeness (QED) is 0.313. The van der Waals surface area contributed by atoms with Gasteiger partial charge in [0, 0.05) is 42.8 Å². The first-order valence-electron chi connectivity index (χ1n) is 12.4. The van der Waals surface area contributed by atoms with Crippen LogP contribution in [0.15, 0.2) is 54.6 Å². The standard InChI is InChI=1S/C29H31N3O4/c1-5-28-31-23-15-21(34-4)11-13-25(23)32(28)24-9-7-8-19(18(24)3)16-30-20-10-12-22-26(14-20)35-17-27(22)36-29(33)6-2/h7-15,27,30H,5-6,16-17H2,1-4H3/t27-/m1/s1. The molecule has 0 fully saturated rings. The first kappa shape index (κ1) is 23.7. The third-order valence-electron chi connectivity index (χ3n) is 6.70. The van der Waals surface area contributed by atoms with Crippen molar-refractivity contribution in [2.45, 2.75) is 46.3 Å². The number of hydrogen-bond acceptors (Lipinski definition) is 6. The second-order valence-electron chi connectivity index (χ2n) is 8.88. The van der Waals surface area contributed by atoms with E-state index in [1.54, 1.807) is 14.0 Å². The number of fused-ring (bicyclic) bond motifs is 2. The van der Waals surface area contributed by atoms with Crippen LogP contribution in [0, 0.1) is 6.92 Å². The number of anilines is 1. The number of aryl methyl sites for hydroxylation is 1. The Morgan fingerprint density at radius 2 is 2.03 bits per heavy atom. The molecule has 1 N–H and O–H groups in total. The van der Waals surface area contributed by atoms with Crippen LogP contribution in [0.1, 0.15) is 48.9 Å². The van der Waals surface area contributed by atoms with Crippen molar-refractivity contribution >= 4 is 22.7 Å². The fourth-order valence-corrected chi connectivity index (χ4v) is 4.67. The van der Waals surface area contributed by atoms with Gasteiger partial charge < -0.3 is 19.5 Å². The molecular formula is C29H31N3O4. The number of hydrogen-bond donors (Lipinski definition) is 1. The van der Waals surface area contributed by atoms with Crippen LogP contribution in [-0.4, -0.2) is 29.2 Å². The van der Waals surface area contributed by atoms with Crippen molar-refractivity contribution in [2.75, 3.05) is 19.0 Å². The second-order valence-corrected chi connectivity index (χ2v) is 8.88. The minimum absolute atomic E-state index is 0.218. The molecule has 186 valence electrons. The number of esters is 1. The molecule has 2 heterocycles. The van der Waals surface area contributed by atoms with Crippen LogP contribution >= 0.6 is 0 Å². The number of nitrogens with zero attached hydrogens (tertiary/aromatic N) is 2. The van der Waals surface area contributed by atoms with E-state index in [2.05, 4.69) is 48.0 Å². The van der Waals surface area contributed by atoms with Gasteiger partial charge in [0.25, 0.3) is 0 Å². The second kappa shape index (κ2) is 9.93. The van der Waals surface area contributed by atoms with Gasteiger partial charge in [0.1, 0.15) is 23.9 Å². The van der Waals surface area contributed by atoms with E-state index in [1.165, 1.54) is 11.1 Å². The molecule has 36 heavy (non-hydrogen) atoms. The van der Waals surface area contributed by atoms with Gasteiger partial charge in [-0.2, -0.15) is 0 Å². The average molecular weight is 486 g/mol. The zero-order valence-corrected chi connectivity index (χ0v) is 21.1. The van der Waals surface area contributed by atoms with Crippen LogP contribution in [0.3, 0.4) is 0 Å². The topological polar surface area (TPSA) is 74.6 Å². The maximum absolute atomic E-state index is 11.7. The van der Waals surface area contributed by atoms with Gasteiger partial charge in [-0.3, -0.25) is 9.36 Å². The van der Waals surface area contributed by atoms with Crippen LogP contribution in [0.5, 0.6) is 11.5 Å². The van der Waals surface area contributed by atoms with Crippen molar-refractivity contribution < 1.29 is 19.0 Å². The molecule has 0 unspecified atom stereocenters. The Bertz CT molecular complexity index is 1430. The van der Waals surface area contributed by atoms with Crippen LogP contribution in [-0.2, 0) is 22.5 Å². The summed E-state index contributed by atoms with van der Waals surface area (Å²) in [4.78, 5) is 16.6. The van der Waals surface area contributed by atoms with Gasteiger partial charge in [0.2, 0.25) is 0 Å². The van der Waals surface area contributed by atoms with E-state index < -0.39 is 0 Å².